The molecule has 1 N–H and O–H groups in total. The highest BCUT2D eigenvalue weighted by Gasteiger charge is 2.27. The van der Waals surface area contributed by atoms with Crippen LogP contribution in [0.3, 0.4) is 0 Å². The van der Waals surface area contributed by atoms with Crippen LogP contribution in [0.5, 0.6) is 0 Å². The summed E-state index contributed by atoms with van der Waals surface area (Å²) in [4.78, 5) is 21.2. The minimum atomic E-state index is -0.0380. The van der Waals surface area contributed by atoms with Gasteiger partial charge in [0.1, 0.15) is 0 Å². The number of piperidine rings is 2. The van der Waals surface area contributed by atoms with E-state index in [1.165, 1.54) is 38.9 Å². The molecule has 0 aromatic rings. The molecule has 0 atom stereocenters. The Balaban J connectivity index is 0.00000338. The van der Waals surface area contributed by atoms with Crippen molar-refractivity contribution in [1.29, 1.82) is 0 Å². The molecule has 26 heavy (non-hydrogen) atoms. The number of nitrogens with one attached hydrogen (secondary N) is 1. The lowest BCUT2D eigenvalue weighted by Crippen LogP contribution is -2.48. The summed E-state index contributed by atoms with van der Waals surface area (Å²) in [7, 11) is 1.85. The molecule has 2 rings (SSSR count). The van der Waals surface area contributed by atoms with E-state index in [2.05, 4.69) is 27.0 Å². The van der Waals surface area contributed by atoms with Gasteiger partial charge in [0, 0.05) is 26.7 Å². The fraction of sp³-hybridized carbons (Fsp3) is 0.895. The Morgan fingerprint density at radius 2 is 1.77 bits per heavy atom. The maximum absolute atomic E-state index is 11.9. The van der Waals surface area contributed by atoms with Crippen molar-refractivity contribution in [2.24, 2.45) is 16.8 Å². The van der Waals surface area contributed by atoms with Crippen LogP contribution >= 0.6 is 24.0 Å². The van der Waals surface area contributed by atoms with E-state index < -0.39 is 0 Å². The summed E-state index contributed by atoms with van der Waals surface area (Å²) in [6, 6.07) is 0. The van der Waals surface area contributed by atoms with Gasteiger partial charge in [0.05, 0.1) is 12.5 Å². The van der Waals surface area contributed by atoms with Crippen molar-refractivity contribution >= 4 is 35.9 Å². The van der Waals surface area contributed by atoms with E-state index in [-0.39, 0.29) is 35.9 Å². The SMILES string of the molecule is CCCN1CCC(CNC(=NC)N2CCC(C(=O)OCC)CC2)CC1.I. The number of carbonyl (C=O) groups is 1. The molecule has 0 aliphatic carbocycles. The second kappa shape index (κ2) is 12.8. The maximum Gasteiger partial charge on any atom is 0.309 e. The zero-order valence-corrected chi connectivity index (χ0v) is 19.0. The third kappa shape index (κ3) is 7.21. The first-order valence-electron chi connectivity index (χ1n) is 10.0. The van der Waals surface area contributed by atoms with Crippen LogP contribution in [0.1, 0.15) is 46.0 Å². The second-order valence-corrected chi connectivity index (χ2v) is 7.23. The Kier molecular flexibility index (Phi) is 11.5. The molecule has 2 aliphatic heterocycles. The number of guanidine groups is 1. The molecule has 2 aliphatic rings. The number of aliphatic imine (C=N–C) groups is 1. The zero-order chi connectivity index (χ0) is 18.1. The molecule has 2 saturated heterocycles. The molecule has 0 spiro atoms. The lowest BCUT2D eigenvalue weighted by atomic mass is 9.96. The van der Waals surface area contributed by atoms with Crippen molar-refractivity contribution in [1.82, 2.24) is 15.1 Å². The molecule has 7 heteroatoms. The minimum absolute atomic E-state index is 0. The first-order valence-corrected chi connectivity index (χ1v) is 10.0. The standard InChI is InChI=1S/C19H36N4O2.HI/c1-4-10-22-11-6-16(7-12-22)15-21-19(20-3)23-13-8-17(9-14-23)18(24)25-5-2;/h16-17H,4-15H2,1-3H3,(H,20,21);1H. The number of likely N-dealkylation sites (tertiary alicyclic amines) is 2. The number of ether oxygens (including phenoxy) is 1. The largest absolute Gasteiger partial charge is 0.466 e. The molecule has 0 aromatic heterocycles. The Labute approximate surface area is 176 Å². The summed E-state index contributed by atoms with van der Waals surface area (Å²) in [5, 5.41) is 3.57. The summed E-state index contributed by atoms with van der Waals surface area (Å²) >= 11 is 0. The number of hydrogen-bond acceptors (Lipinski definition) is 4. The first kappa shape index (κ1) is 23.5. The maximum atomic E-state index is 11.9. The third-order valence-corrected chi connectivity index (χ3v) is 5.42. The molecule has 0 aromatic carbocycles. The molecule has 2 heterocycles. The van der Waals surface area contributed by atoms with Gasteiger partial charge in [-0.05, 0) is 64.6 Å². The first-order chi connectivity index (χ1) is 12.2. The van der Waals surface area contributed by atoms with E-state index in [9.17, 15) is 4.79 Å². The molecule has 152 valence electrons. The van der Waals surface area contributed by atoms with Gasteiger partial charge in [-0.25, -0.2) is 0 Å². The van der Waals surface area contributed by atoms with Crippen LogP contribution in [0.4, 0.5) is 0 Å². The second-order valence-electron chi connectivity index (χ2n) is 7.23. The van der Waals surface area contributed by atoms with Gasteiger partial charge in [0.15, 0.2) is 5.96 Å². The number of esters is 1. The van der Waals surface area contributed by atoms with Gasteiger partial charge in [0.2, 0.25) is 0 Å². The van der Waals surface area contributed by atoms with E-state index in [0.717, 1.165) is 44.4 Å². The van der Waals surface area contributed by atoms with E-state index in [4.69, 9.17) is 4.74 Å². The number of carbonyl (C=O) groups excluding carboxylic acids is 1. The molecule has 0 radical (unpaired) electrons. The van der Waals surface area contributed by atoms with E-state index in [1.807, 2.05) is 14.0 Å². The van der Waals surface area contributed by atoms with Crippen LogP contribution in [0.15, 0.2) is 4.99 Å². The fourth-order valence-corrected chi connectivity index (χ4v) is 3.89. The highest BCUT2D eigenvalue weighted by Crippen LogP contribution is 2.20. The lowest BCUT2D eigenvalue weighted by Gasteiger charge is -2.35. The van der Waals surface area contributed by atoms with Gasteiger partial charge in [0.25, 0.3) is 0 Å². The van der Waals surface area contributed by atoms with Crippen LogP contribution in [-0.4, -0.2) is 74.7 Å². The van der Waals surface area contributed by atoms with Crippen molar-refractivity contribution in [3.8, 4) is 0 Å². The average molecular weight is 480 g/mol. The average Bonchev–Trinajstić information content (AvgIpc) is 2.64. The summed E-state index contributed by atoms with van der Waals surface area (Å²) in [6.07, 6.45) is 5.51. The molecule has 0 bridgehead atoms. The molecule has 2 fully saturated rings. The number of hydrogen-bond donors (Lipinski definition) is 1. The van der Waals surface area contributed by atoms with Crippen LogP contribution < -0.4 is 5.32 Å². The van der Waals surface area contributed by atoms with Gasteiger partial charge in [-0.2, -0.15) is 0 Å². The summed E-state index contributed by atoms with van der Waals surface area (Å²) in [5.74, 6) is 1.74. The third-order valence-electron chi connectivity index (χ3n) is 5.42. The molecule has 0 saturated carbocycles. The van der Waals surface area contributed by atoms with Crippen molar-refractivity contribution in [3.05, 3.63) is 0 Å². The normalized spacial score (nSPS) is 20.6. The highest BCUT2D eigenvalue weighted by atomic mass is 127. The van der Waals surface area contributed by atoms with E-state index in [1.54, 1.807) is 0 Å². The predicted octanol–water partition coefficient (Wildman–Crippen LogP) is 2.58. The smallest absolute Gasteiger partial charge is 0.309 e. The van der Waals surface area contributed by atoms with Crippen molar-refractivity contribution < 1.29 is 9.53 Å². The quantitative estimate of drug-likeness (QED) is 0.274. The summed E-state index contributed by atoms with van der Waals surface area (Å²) in [5.41, 5.74) is 0. The lowest BCUT2D eigenvalue weighted by molar-refractivity contribution is -0.149. The molecule has 6 nitrogen and oxygen atoms in total. The molecule has 0 amide bonds. The van der Waals surface area contributed by atoms with Crippen molar-refractivity contribution in [2.45, 2.75) is 46.0 Å². The topological polar surface area (TPSA) is 57.2 Å². The summed E-state index contributed by atoms with van der Waals surface area (Å²) in [6.45, 7) is 11.0. The van der Waals surface area contributed by atoms with Gasteiger partial charge >= 0.3 is 5.97 Å². The zero-order valence-electron chi connectivity index (χ0n) is 16.7. The highest BCUT2D eigenvalue weighted by molar-refractivity contribution is 14.0. The van der Waals surface area contributed by atoms with Crippen molar-refractivity contribution in [2.75, 3.05) is 52.9 Å². The number of halogens is 1. The number of rotatable bonds is 6. The van der Waals surface area contributed by atoms with E-state index >= 15 is 0 Å². The molecular weight excluding hydrogens is 443 g/mol. The van der Waals surface area contributed by atoms with Gasteiger partial charge in [-0.3, -0.25) is 9.79 Å². The Hall–Kier alpha value is -0.570. The van der Waals surface area contributed by atoms with E-state index in [0.29, 0.717) is 6.61 Å². The Bertz CT molecular complexity index is 431. The number of nitrogens with zero attached hydrogens (tertiary/aromatic N) is 3. The van der Waals surface area contributed by atoms with Crippen molar-refractivity contribution in [3.63, 3.8) is 0 Å². The van der Waals surface area contributed by atoms with Crippen LogP contribution in [0.2, 0.25) is 0 Å². The van der Waals surface area contributed by atoms with Crippen LogP contribution in [0, 0.1) is 11.8 Å². The Morgan fingerprint density at radius 1 is 1.12 bits per heavy atom. The Morgan fingerprint density at radius 3 is 2.31 bits per heavy atom. The summed E-state index contributed by atoms with van der Waals surface area (Å²) < 4.78 is 5.15. The van der Waals surface area contributed by atoms with Gasteiger partial charge in [-0.1, -0.05) is 6.92 Å². The predicted molar refractivity (Wildman–Crippen MR) is 117 cm³/mol. The van der Waals surface area contributed by atoms with Gasteiger partial charge < -0.3 is 19.9 Å². The monoisotopic (exact) mass is 480 g/mol. The molecular formula is C19H37IN4O2. The van der Waals surface area contributed by atoms with Crippen LogP contribution in [-0.2, 0) is 9.53 Å². The minimum Gasteiger partial charge on any atom is -0.466 e. The van der Waals surface area contributed by atoms with Crippen LogP contribution in [0.25, 0.3) is 0 Å². The molecule has 0 unspecified atom stereocenters. The fourth-order valence-electron chi connectivity index (χ4n) is 3.89. The van der Waals surface area contributed by atoms with Gasteiger partial charge in [-0.15, -0.1) is 24.0 Å².